The molecular formula is C15H24N2OS. The zero-order valence-corrected chi connectivity index (χ0v) is 12.9. The molecule has 0 saturated heterocycles. The average molecular weight is 280 g/mol. The first-order valence-electron chi connectivity index (χ1n) is 6.79. The monoisotopic (exact) mass is 280 g/mol. The molecule has 106 valence electrons. The average Bonchev–Trinajstić information content (AvgIpc) is 2.44. The number of benzene rings is 1. The van der Waals surface area contributed by atoms with Gasteiger partial charge in [-0.15, -0.1) is 0 Å². The first kappa shape index (κ1) is 16.1. The van der Waals surface area contributed by atoms with Gasteiger partial charge in [0.25, 0.3) is 5.91 Å². The van der Waals surface area contributed by atoms with Crippen LogP contribution >= 0.6 is 11.8 Å². The summed E-state index contributed by atoms with van der Waals surface area (Å²) in [5, 5.41) is 2.96. The molecule has 3 nitrogen and oxygen atoms in total. The summed E-state index contributed by atoms with van der Waals surface area (Å²) in [6.45, 7) is 7.92. The Labute approximate surface area is 120 Å². The van der Waals surface area contributed by atoms with Crippen molar-refractivity contribution < 1.29 is 4.79 Å². The van der Waals surface area contributed by atoms with E-state index in [1.165, 1.54) is 5.56 Å². The molecule has 4 heteroatoms. The van der Waals surface area contributed by atoms with Gasteiger partial charge in [0.2, 0.25) is 0 Å². The van der Waals surface area contributed by atoms with E-state index in [2.05, 4.69) is 30.3 Å². The Balaban J connectivity index is 2.40. The molecule has 1 rings (SSSR count). The summed E-state index contributed by atoms with van der Waals surface area (Å²) in [6, 6.07) is 7.85. The van der Waals surface area contributed by atoms with Crippen molar-refractivity contribution in [2.75, 3.05) is 32.4 Å². The molecule has 0 unspecified atom stereocenters. The van der Waals surface area contributed by atoms with Crippen LogP contribution in [0.5, 0.6) is 0 Å². The van der Waals surface area contributed by atoms with E-state index in [0.29, 0.717) is 6.54 Å². The summed E-state index contributed by atoms with van der Waals surface area (Å²) in [6.07, 6.45) is 2.08. The molecule has 1 amide bonds. The number of carbonyl (C=O) groups is 1. The standard InChI is InChI=1S/C15H24N2OS/c1-4-17(5-2)11-10-16-15(18)14-8-6-13(7-9-14)12-19-3/h6-9H,4-5,10-12H2,1-3H3,(H,16,18). The molecule has 0 heterocycles. The van der Waals surface area contributed by atoms with Gasteiger partial charge in [-0.05, 0) is 37.0 Å². The van der Waals surface area contributed by atoms with Crippen LogP contribution in [0.15, 0.2) is 24.3 Å². The molecule has 0 aliphatic heterocycles. The Morgan fingerprint density at radius 3 is 2.37 bits per heavy atom. The van der Waals surface area contributed by atoms with Gasteiger partial charge in [-0.25, -0.2) is 0 Å². The second-order valence-corrected chi connectivity index (χ2v) is 5.28. The highest BCUT2D eigenvalue weighted by Crippen LogP contribution is 2.10. The van der Waals surface area contributed by atoms with Crippen LogP contribution in [0.4, 0.5) is 0 Å². The summed E-state index contributed by atoms with van der Waals surface area (Å²) in [5.41, 5.74) is 2.00. The lowest BCUT2D eigenvalue weighted by Gasteiger charge is -2.17. The zero-order chi connectivity index (χ0) is 14.1. The van der Waals surface area contributed by atoms with E-state index in [9.17, 15) is 4.79 Å². The minimum absolute atomic E-state index is 0.0165. The van der Waals surface area contributed by atoms with Crippen molar-refractivity contribution in [3.8, 4) is 0 Å². The molecule has 1 N–H and O–H groups in total. The molecule has 19 heavy (non-hydrogen) atoms. The SMILES string of the molecule is CCN(CC)CCNC(=O)c1ccc(CSC)cc1. The Morgan fingerprint density at radius 2 is 1.84 bits per heavy atom. The molecule has 0 fully saturated rings. The van der Waals surface area contributed by atoms with Crippen molar-refractivity contribution in [3.05, 3.63) is 35.4 Å². The van der Waals surface area contributed by atoms with Gasteiger partial charge in [0, 0.05) is 24.4 Å². The molecule has 0 spiro atoms. The molecule has 0 aromatic heterocycles. The summed E-state index contributed by atoms with van der Waals surface area (Å²) in [5.74, 6) is 1.01. The van der Waals surface area contributed by atoms with Crippen LogP contribution in [0.3, 0.4) is 0 Å². The predicted octanol–water partition coefficient (Wildman–Crippen LogP) is 2.62. The minimum Gasteiger partial charge on any atom is -0.351 e. The third kappa shape index (κ3) is 5.66. The first-order chi connectivity index (χ1) is 9.21. The summed E-state index contributed by atoms with van der Waals surface area (Å²) in [7, 11) is 0. The van der Waals surface area contributed by atoms with Crippen LogP contribution in [0, 0.1) is 0 Å². The molecule has 1 aromatic carbocycles. The van der Waals surface area contributed by atoms with E-state index in [4.69, 9.17) is 0 Å². The number of nitrogens with zero attached hydrogens (tertiary/aromatic N) is 1. The van der Waals surface area contributed by atoms with Crippen molar-refractivity contribution >= 4 is 17.7 Å². The summed E-state index contributed by atoms with van der Waals surface area (Å²) < 4.78 is 0. The van der Waals surface area contributed by atoms with Gasteiger partial charge in [0.15, 0.2) is 0 Å². The normalized spacial score (nSPS) is 10.7. The van der Waals surface area contributed by atoms with Crippen LogP contribution in [-0.4, -0.2) is 43.2 Å². The van der Waals surface area contributed by atoms with Crippen LogP contribution in [0.1, 0.15) is 29.8 Å². The topological polar surface area (TPSA) is 32.3 Å². The third-order valence-electron chi connectivity index (χ3n) is 3.14. The molecule has 0 aliphatic carbocycles. The number of carbonyl (C=O) groups excluding carboxylic acids is 1. The Morgan fingerprint density at radius 1 is 1.21 bits per heavy atom. The molecule has 0 bridgehead atoms. The number of rotatable bonds is 8. The fourth-order valence-corrected chi connectivity index (χ4v) is 2.41. The van der Waals surface area contributed by atoms with Crippen LogP contribution in [0.2, 0.25) is 0 Å². The van der Waals surface area contributed by atoms with Gasteiger partial charge in [0.05, 0.1) is 0 Å². The number of likely N-dealkylation sites (N-methyl/N-ethyl adjacent to an activating group) is 1. The number of hydrogen-bond acceptors (Lipinski definition) is 3. The van der Waals surface area contributed by atoms with Gasteiger partial charge in [-0.1, -0.05) is 26.0 Å². The van der Waals surface area contributed by atoms with Gasteiger partial charge in [0.1, 0.15) is 0 Å². The molecule has 1 aromatic rings. The number of thioether (sulfide) groups is 1. The number of nitrogens with one attached hydrogen (secondary N) is 1. The second kappa shape index (κ2) is 8.99. The van der Waals surface area contributed by atoms with E-state index >= 15 is 0 Å². The second-order valence-electron chi connectivity index (χ2n) is 4.41. The van der Waals surface area contributed by atoms with Crippen molar-refractivity contribution in [2.45, 2.75) is 19.6 Å². The fourth-order valence-electron chi connectivity index (χ4n) is 1.89. The molecule has 0 aliphatic rings. The van der Waals surface area contributed by atoms with Gasteiger partial charge in [-0.2, -0.15) is 11.8 Å². The first-order valence-corrected chi connectivity index (χ1v) is 8.19. The number of hydrogen-bond donors (Lipinski definition) is 1. The lowest BCUT2D eigenvalue weighted by Crippen LogP contribution is -2.34. The maximum absolute atomic E-state index is 11.9. The fraction of sp³-hybridized carbons (Fsp3) is 0.533. The van der Waals surface area contributed by atoms with Crippen LogP contribution in [0.25, 0.3) is 0 Å². The zero-order valence-electron chi connectivity index (χ0n) is 12.1. The third-order valence-corrected chi connectivity index (χ3v) is 3.76. The molecule has 0 atom stereocenters. The van der Waals surface area contributed by atoms with Crippen molar-refractivity contribution in [2.24, 2.45) is 0 Å². The van der Waals surface area contributed by atoms with E-state index in [0.717, 1.165) is 31.0 Å². The Bertz CT molecular complexity index is 374. The minimum atomic E-state index is 0.0165. The van der Waals surface area contributed by atoms with Crippen molar-refractivity contribution in [1.29, 1.82) is 0 Å². The largest absolute Gasteiger partial charge is 0.351 e. The van der Waals surface area contributed by atoms with Gasteiger partial charge >= 0.3 is 0 Å². The molecule has 0 radical (unpaired) electrons. The maximum Gasteiger partial charge on any atom is 0.251 e. The van der Waals surface area contributed by atoms with Crippen LogP contribution in [-0.2, 0) is 5.75 Å². The number of amides is 1. The Hall–Kier alpha value is -1.00. The van der Waals surface area contributed by atoms with Crippen molar-refractivity contribution in [1.82, 2.24) is 10.2 Å². The lowest BCUT2D eigenvalue weighted by molar-refractivity contribution is 0.0949. The molecule has 0 saturated carbocycles. The molecular weight excluding hydrogens is 256 g/mol. The maximum atomic E-state index is 11.9. The highest BCUT2D eigenvalue weighted by Gasteiger charge is 2.05. The van der Waals surface area contributed by atoms with E-state index in [-0.39, 0.29) is 5.91 Å². The summed E-state index contributed by atoms with van der Waals surface area (Å²) in [4.78, 5) is 14.2. The van der Waals surface area contributed by atoms with Crippen LogP contribution < -0.4 is 5.32 Å². The lowest BCUT2D eigenvalue weighted by atomic mass is 10.1. The van der Waals surface area contributed by atoms with E-state index < -0.39 is 0 Å². The summed E-state index contributed by atoms with van der Waals surface area (Å²) >= 11 is 1.78. The van der Waals surface area contributed by atoms with E-state index in [1.807, 2.05) is 24.3 Å². The quantitative estimate of drug-likeness (QED) is 0.794. The van der Waals surface area contributed by atoms with Crippen molar-refractivity contribution in [3.63, 3.8) is 0 Å². The van der Waals surface area contributed by atoms with E-state index in [1.54, 1.807) is 11.8 Å². The van der Waals surface area contributed by atoms with Gasteiger partial charge in [-0.3, -0.25) is 4.79 Å². The van der Waals surface area contributed by atoms with Gasteiger partial charge < -0.3 is 10.2 Å². The highest BCUT2D eigenvalue weighted by atomic mass is 32.2. The predicted molar refractivity (Wildman–Crippen MR) is 83.8 cm³/mol. The highest BCUT2D eigenvalue weighted by molar-refractivity contribution is 7.97. The Kier molecular flexibility index (Phi) is 7.60. The smallest absolute Gasteiger partial charge is 0.251 e.